The van der Waals surface area contributed by atoms with Gasteiger partial charge in [-0.1, -0.05) is 0 Å². The summed E-state index contributed by atoms with van der Waals surface area (Å²) in [6.07, 6.45) is 1.39. The summed E-state index contributed by atoms with van der Waals surface area (Å²) in [5.74, 6) is 0. The van der Waals surface area contributed by atoms with Crippen molar-refractivity contribution in [2.45, 2.75) is 30.8 Å². The molecule has 0 saturated heterocycles. The summed E-state index contributed by atoms with van der Waals surface area (Å²) < 4.78 is 0. The summed E-state index contributed by atoms with van der Waals surface area (Å²) in [5, 5.41) is 2.93. The second kappa shape index (κ2) is 9.95. The van der Waals surface area contributed by atoms with Crippen molar-refractivity contribution in [2.75, 3.05) is 0 Å². The Morgan fingerprint density at radius 1 is 1.29 bits per heavy atom. The van der Waals surface area contributed by atoms with Crippen LogP contribution in [0.25, 0.3) is 0 Å². The molecular weight excluding hydrogens is 122 g/mol. The van der Waals surface area contributed by atoms with Gasteiger partial charge < -0.3 is 12.4 Å². The van der Waals surface area contributed by atoms with E-state index in [1.165, 1.54) is 17.0 Å². The van der Waals surface area contributed by atoms with E-state index in [1.807, 2.05) is 0 Å². The summed E-state index contributed by atoms with van der Waals surface area (Å²) in [4.78, 5) is 0. The zero-order chi connectivity index (χ0) is 4.83. The maximum Gasteiger partial charge on any atom is -1.00 e. The van der Waals surface area contributed by atoms with Gasteiger partial charge in [0.1, 0.15) is 0 Å². The van der Waals surface area contributed by atoms with E-state index in [1.54, 1.807) is 0 Å². The second-order valence-corrected chi connectivity index (χ2v) is 3.46. The van der Waals surface area contributed by atoms with Crippen molar-refractivity contribution in [1.82, 2.24) is 0 Å². The van der Waals surface area contributed by atoms with Crippen molar-refractivity contribution in [3.63, 3.8) is 0 Å². The van der Waals surface area contributed by atoms with Crippen LogP contribution in [0.15, 0.2) is 0 Å². The van der Waals surface area contributed by atoms with Gasteiger partial charge in [0.25, 0.3) is 0 Å². The summed E-state index contributed by atoms with van der Waals surface area (Å²) >= 11 is 0.818. The number of rotatable bonds is 3. The molecule has 0 aliphatic heterocycles. The molecule has 0 aliphatic carbocycles. The Balaban J connectivity index is 0. The normalized spacial score (nSPS) is 6.57. The SMILES string of the molecule is CC[CH2][Al+][CH2]C.[Cl-]. The molecule has 0 nitrogen and oxygen atoms in total. The number of hydrogen-bond donors (Lipinski definition) is 0. The monoisotopic (exact) mass is 134 g/mol. The van der Waals surface area contributed by atoms with Gasteiger partial charge in [-0.05, 0) is 0 Å². The predicted octanol–water partition coefficient (Wildman–Crippen LogP) is -1.04. The van der Waals surface area contributed by atoms with E-state index in [0.717, 1.165) is 15.2 Å². The smallest absolute Gasteiger partial charge is 1.00 e. The molecule has 0 heterocycles. The molecule has 0 aromatic heterocycles. The molecule has 42 valence electrons. The Kier molecular flexibility index (Phi) is 15.3. The fourth-order valence-electron chi connectivity index (χ4n) is 0.408. The Morgan fingerprint density at radius 2 is 1.86 bits per heavy atom. The molecule has 0 unspecified atom stereocenters. The van der Waals surface area contributed by atoms with Crippen molar-refractivity contribution in [1.29, 1.82) is 0 Å². The molecule has 0 aromatic carbocycles. The predicted molar refractivity (Wildman–Crippen MR) is 31.3 cm³/mol. The van der Waals surface area contributed by atoms with Crippen LogP contribution in [0.1, 0.15) is 20.3 Å². The average molecular weight is 135 g/mol. The zero-order valence-electron chi connectivity index (χ0n) is 5.08. The molecule has 2 heteroatoms. The summed E-state index contributed by atoms with van der Waals surface area (Å²) in [7, 11) is 0. The summed E-state index contributed by atoms with van der Waals surface area (Å²) in [6, 6.07) is 0. The molecule has 0 amide bonds. The first-order valence-corrected chi connectivity index (χ1v) is 4.36. The van der Waals surface area contributed by atoms with Crippen LogP contribution in [0.2, 0.25) is 10.6 Å². The minimum absolute atomic E-state index is 0. The number of halogens is 1. The number of hydrogen-bond acceptors (Lipinski definition) is 0. The van der Waals surface area contributed by atoms with E-state index < -0.39 is 0 Å². The van der Waals surface area contributed by atoms with Gasteiger partial charge in [-0.3, -0.25) is 0 Å². The van der Waals surface area contributed by atoms with Gasteiger partial charge in [-0.25, -0.2) is 0 Å². The first-order valence-electron chi connectivity index (χ1n) is 2.73. The molecule has 0 bridgehead atoms. The maximum absolute atomic E-state index is 2.27. The van der Waals surface area contributed by atoms with E-state index in [2.05, 4.69) is 13.8 Å². The average Bonchev–Trinajstić information content (AvgIpc) is 1.61. The van der Waals surface area contributed by atoms with Gasteiger partial charge in [-0.15, -0.1) is 0 Å². The third kappa shape index (κ3) is 10.9. The minimum atomic E-state index is 0. The van der Waals surface area contributed by atoms with Gasteiger partial charge in [0.15, 0.2) is 0 Å². The molecule has 0 radical (unpaired) electrons. The molecular formula is C5H12AlCl. The third-order valence-corrected chi connectivity index (χ3v) is 2.34. The molecule has 0 aliphatic rings. The van der Waals surface area contributed by atoms with Gasteiger partial charge in [0.2, 0.25) is 0 Å². The molecule has 0 aromatic rings. The van der Waals surface area contributed by atoms with Crippen LogP contribution in [0.3, 0.4) is 0 Å². The molecule has 0 N–H and O–H groups in total. The molecule has 7 heavy (non-hydrogen) atoms. The van der Waals surface area contributed by atoms with E-state index >= 15 is 0 Å². The van der Waals surface area contributed by atoms with Gasteiger partial charge in [0, 0.05) is 0 Å². The van der Waals surface area contributed by atoms with Crippen LogP contribution in [0, 0.1) is 0 Å². The molecule has 0 rings (SSSR count). The summed E-state index contributed by atoms with van der Waals surface area (Å²) in [6.45, 7) is 4.52. The molecule has 0 spiro atoms. The van der Waals surface area contributed by atoms with E-state index in [9.17, 15) is 0 Å². The van der Waals surface area contributed by atoms with Gasteiger partial charge >= 0.3 is 46.1 Å². The van der Waals surface area contributed by atoms with Crippen molar-refractivity contribution < 1.29 is 12.4 Å². The quantitative estimate of drug-likeness (QED) is 0.342. The van der Waals surface area contributed by atoms with Crippen LogP contribution in [-0.2, 0) is 0 Å². The Hall–Kier alpha value is 0.822. The Labute approximate surface area is 58.8 Å². The van der Waals surface area contributed by atoms with Crippen molar-refractivity contribution in [3.05, 3.63) is 0 Å². The fourth-order valence-corrected chi connectivity index (χ4v) is 1.22. The minimum Gasteiger partial charge on any atom is -1.00 e. The van der Waals surface area contributed by atoms with Crippen LogP contribution < -0.4 is 12.4 Å². The summed E-state index contributed by atoms with van der Waals surface area (Å²) in [5.41, 5.74) is 0. The van der Waals surface area contributed by atoms with Crippen LogP contribution in [-0.4, -0.2) is 15.2 Å². The fraction of sp³-hybridized carbons (Fsp3) is 1.00. The van der Waals surface area contributed by atoms with Crippen molar-refractivity contribution in [2.24, 2.45) is 0 Å². The zero-order valence-corrected chi connectivity index (χ0v) is 6.99. The van der Waals surface area contributed by atoms with E-state index in [-0.39, 0.29) is 12.4 Å². The molecule has 0 saturated carbocycles. The van der Waals surface area contributed by atoms with Crippen LogP contribution in [0.4, 0.5) is 0 Å². The van der Waals surface area contributed by atoms with E-state index in [0.29, 0.717) is 0 Å². The van der Waals surface area contributed by atoms with Gasteiger partial charge in [0.05, 0.1) is 0 Å². The first-order chi connectivity index (χ1) is 2.91. The van der Waals surface area contributed by atoms with E-state index in [4.69, 9.17) is 0 Å². The second-order valence-electron chi connectivity index (χ2n) is 1.49. The Morgan fingerprint density at radius 3 is 2.00 bits per heavy atom. The molecule has 0 atom stereocenters. The van der Waals surface area contributed by atoms with Crippen LogP contribution >= 0.6 is 0 Å². The van der Waals surface area contributed by atoms with Gasteiger partial charge in [-0.2, -0.15) is 0 Å². The Bertz CT molecular complexity index is 20.0. The topological polar surface area (TPSA) is 0 Å². The maximum atomic E-state index is 2.27. The van der Waals surface area contributed by atoms with Crippen LogP contribution in [0.5, 0.6) is 0 Å². The van der Waals surface area contributed by atoms with Crippen molar-refractivity contribution in [3.8, 4) is 0 Å². The largest absolute Gasteiger partial charge is 1.00 e. The van der Waals surface area contributed by atoms with Crippen molar-refractivity contribution >= 4 is 15.2 Å². The first kappa shape index (κ1) is 10.7. The molecule has 0 fully saturated rings. The standard InChI is InChI=1S/C3H7.C2H5.Al.ClH/c1-3-2;1-2;;/h1,3H2,2H3;1H2,2H3;;1H/q;;+1;/p-1. The third-order valence-electron chi connectivity index (χ3n) is 0.781.